The first kappa shape index (κ1) is 18.6. The molecular weight excluding hydrogens is 364 g/mol. The molecule has 0 unspecified atom stereocenters. The number of para-hydroxylation sites is 1. The van der Waals surface area contributed by atoms with Gasteiger partial charge in [-0.3, -0.25) is 0 Å². The third-order valence-electron chi connectivity index (χ3n) is 5.90. The smallest absolute Gasteiger partial charge is 0.0926 e. The molecule has 2 heteroatoms. The van der Waals surface area contributed by atoms with Gasteiger partial charge in [-0.05, 0) is 62.5 Å². The van der Waals surface area contributed by atoms with E-state index >= 15 is 0 Å². The quantitative estimate of drug-likeness (QED) is 0.367. The van der Waals surface area contributed by atoms with Crippen molar-refractivity contribution in [1.82, 2.24) is 9.78 Å². The van der Waals surface area contributed by atoms with Gasteiger partial charge >= 0.3 is 0 Å². The Balaban J connectivity index is 1.70. The summed E-state index contributed by atoms with van der Waals surface area (Å²) in [5.41, 5.74) is 11.2. The number of nitrogens with zero attached hydrogens (tertiary/aromatic N) is 2. The maximum absolute atomic E-state index is 5.16. The van der Waals surface area contributed by atoms with Gasteiger partial charge in [0.05, 0.1) is 17.1 Å². The Bertz CT molecular complexity index is 1190. The molecule has 0 saturated carbocycles. The van der Waals surface area contributed by atoms with Gasteiger partial charge in [-0.15, -0.1) is 0 Å². The molecule has 0 bridgehead atoms. The molecule has 1 aliphatic rings. The molecule has 30 heavy (non-hydrogen) atoms. The Labute approximate surface area is 178 Å². The summed E-state index contributed by atoms with van der Waals surface area (Å²) in [5, 5.41) is 5.16. The van der Waals surface area contributed by atoms with Gasteiger partial charge in [-0.2, -0.15) is 5.10 Å². The van der Waals surface area contributed by atoms with Crippen LogP contribution >= 0.6 is 0 Å². The number of hydrogen-bond acceptors (Lipinski definition) is 1. The lowest BCUT2D eigenvalue weighted by atomic mass is 9.88. The third-order valence-corrected chi connectivity index (χ3v) is 5.90. The summed E-state index contributed by atoms with van der Waals surface area (Å²) in [6.45, 7) is 4.27. The molecule has 0 spiro atoms. The average molecular weight is 391 g/mol. The van der Waals surface area contributed by atoms with Crippen LogP contribution in [0.5, 0.6) is 0 Å². The standard InChI is InChI=1S/C28H26N2/c1-20-11-15-22(16-12-20)19-24-7-6-10-26-27(24)29-30(25-8-4-3-5-9-25)28(26)23-17-13-21(2)14-18-23/h3-5,8-9,11-19H,6-7,10H2,1-2H3. The van der Waals surface area contributed by atoms with E-state index in [0.717, 1.165) is 30.6 Å². The second-order valence-electron chi connectivity index (χ2n) is 8.22. The van der Waals surface area contributed by atoms with Crippen molar-refractivity contribution in [3.05, 3.63) is 107 Å². The van der Waals surface area contributed by atoms with Gasteiger partial charge in [0, 0.05) is 11.1 Å². The summed E-state index contributed by atoms with van der Waals surface area (Å²) in [5.74, 6) is 0. The van der Waals surface area contributed by atoms with E-state index in [9.17, 15) is 0 Å². The van der Waals surface area contributed by atoms with Gasteiger partial charge in [0.2, 0.25) is 0 Å². The lowest BCUT2D eigenvalue weighted by Gasteiger charge is -2.15. The fourth-order valence-corrected chi connectivity index (χ4v) is 4.29. The molecule has 1 aromatic heterocycles. The van der Waals surface area contributed by atoms with E-state index in [-0.39, 0.29) is 0 Å². The molecule has 148 valence electrons. The zero-order chi connectivity index (χ0) is 20.5. The molecule has 0 N–H and O–H groups in total. The van der Waals surface area contributed by atoms with Crippen molar-refractivity contribution in [2.24, 2.45) is 0 Å². The lowest BCUT2D eigenvalue weighted by molar-refractivity contribution is 0.818. The third kappa shape index (κ3) is 3.50. The summed E-state index contributed by atoms with van der Waals surface area (Å²) in [6, 6.07) is 28.1. The number of aryl methyl sites for hydroxylation is 2. The van der Waals surface area contributed by atoms with E-state index in [1.807, 2.05) is 0 Å². The SMILES string of the molecule is Cc1ccc(C=C2CCCc3c2nn(-c2ccccc2)c3-c2ccc(C)cc2)cc1. The van der Waals surface area contributed by atoms with Crippen molar-refractivity contribution in [2.75, 3.05) is 0 Å². The van der Waals surface area contributed by atoms with Crippen molar-refractivity contribution in [3.63, 3.8) is 0 Å². The van der Waals surface area contributed by atoms with Crippen LogP contribution in [-0.2, 0) is 6.42 Å². The van der Waals surface area contributed by atoms with Gasteiger partial charge in [0.25, 0.3) is 0 Å². The van der Waals surface area contributed by atoms with E-state index in [1.165, 1.54) is 39.1 Å². The molecule has 0 amide bonds. The van der Waals surface area contributed by atoms with Crippen LogP contribution in [0.1, 0.15) is 40.8 Å². The van der Waals surface area contributed by atoms with Gasteiger partial charge in [0.1, 0.15) is 0 Å². The first-order valence-electron chi connectivity index (χ1n) is 10.7. The van der Waals surface area contributed by atoms with Crippen molar-refractivity contribution >= 4 is 11.6 Å². The van der Waals surface area contributed by atoms with Crippen LogP contribution in [0.2, 0.25) is 0 Å². The van der Waals surface area contributed by atoms with E-state index < -0.39 is 0 Å². The normalized spacial score (nSPS) is 14.7. The molecule has 1 aliphatic carbocycles. The zero-order valence-corrected chi connectivity index (χ0v) is 17.6. The number of aromatic nitrogens is 2. The predicted octanol–water partition coefficient (Wildman–Crippen LogP) is 7.03. The first-order valence-corrected chi connectivity index (χ1v) is 10.7. The van der Waals surface area contributed by atoms with E-state index in [0.29, 0.717) is 0 Å². The Morgan fingerprint density at radius 3 is 2.13 bits per heavy atom. The summed E-state index contributed by atoms with van der Waals surface area (Å²) in [4.78, 5) is 0. The molecule has 0 atom stereocenters. The second-order valence-corrected chi connectivity index (χ2v) is 8.22. The average Bonchev–Trinajstić information content (AvgIpc) is 3.17. The first-order chi connectivity index (χ1) is 14.7. The van der Waals surface area contributed by atoms with Crippen LogP contribution in [0.3, 0.4) is 0 Å². The fourth-order valence-electron chi connectivity index (χ4n) is 4.29. The monoisotopic (exact) mass is 390 g/mol. The van der Waals surface area contributed by atoms with E-state index in [1.54, 1.807) is 0 Å². The van der Waals surface area contributed by atoms with Crippen LogP contribution in [0.25, 0.3) is 28.6 Å². The second kappa shape index (κ2) is 7.79. The van der Waals surface area contributed by atoms with E-state index in [4.69, 9.17) is 5.10 Å². The van der Waals surface area contributed by atoms with Crippen molar-refractivity contribution < 1.29 is 0 Å². The minimum absolute atomic E-state index is 1.07. The Kier molecular flexibility index (Phi) is 4.84. The molecule has 0 fully saturated rings. The summed E-state index contributed by atoms with van der Waals surface area (Å²) in [7, 11) is 0. The Hall–Kier alpha value is -3.39. The Morgan fingerprint density at radius 2 is 1.43 bits per heavy atom. The van der Waals surface area contributed by atoms with Crippen LogP contribution in [-0.4, -0.2) is 9.78 Å². The minimum Gasteiger partial charge on any atom is -0.232 e. The summed E-state index contributed by atoms with van der Waals surface area (Å²) < 4.78 is 2.14. The van der Waals surface area contributed by atoms with Crippen molar-refractivity contribution in [1.29, 1.82) is 0 Å². The van der Waals surface area contributed by atoms with E-state index in [2.05, 4.69) is 103 Å². The molecule has 0 radical (unpaired) electrons. The number of benzene rings is 3. The highest BCUT2D eigenvalue weighted by Crippen LogP contribution is 2.39. The highest BCUT2D eigenvalue weighted by Gasteiger charge is 2.25. The molecule has 3 aromatic carbocycles. The highest BCUT2D eigenvalue weighted by atomic mass is 15.3. The molecule has 0 saturated heterocycles. The molecule has 0 aliphatic heterocycles. The van der Waals surface area contributed by atoms with Crippen LogP contribution in [0, 0.1) is 13.8 Å². The van der Waals surface area contributed by atoms with Gasteiger partial charge in [-0.25, -0.2) is 4.68 Å². The van der Waals surface area contributed by atoms with Crippen LogP contribution in [0.4, 0.5) is 0 Å². The van der Waals surface area contributed by atoms with Gasteiger partial charge in [-0.1, -0.05) is 77.9 Å². The molecule has 4 aromatic rings. The largest absolute Gasteiger partial charge is 0.232 e. The van der Waals surface area contributed by atoms with Crippen molar-refractivity contribution in [2.45, 2.75) is 33.1 Å². The molecule has 1 heterocycles. The topological polar surface area (TPSA) is 17.8 Å². The number of hydrogen-bond donors (Lipinski definition) is 0. The summed E-state index contributed by atoms with van der Waals surface area (Å²) in [6.07, 6.45) is 5.61. The minimum atomic E-state index is 1.07. The van der Waals surface area contributed by atoms with Gasteiger partial charge < -0.3 is 0 Å². The lowest BCUT2D eigenvalue weighted by Crippen LogP contribution is -2.01. The Morgan fingerprint density at radius 1 is 0.767 bits per heavy atom. The zero-order valence-electron chi connectivity index (χ0n) is 17.6. The predicted molar refractivity (Wildman–Crippen MR) is 126 cm³/mol. The van der Waals surface area contributed by atoms with Crippen LogP contribution < -0.4 is 0 Å². The van der Waals surface area contributed by atoms with Gasteiger partial charge in [0.15, 0.2) is 0 Å². The summed E-state index contributed by atoms with van der Waals surface area (Å²) >= 11 is 0. The highest BCUT2D eigenvalue weighted by molar-refractivity contribution is 5.85. The maximum Gasteiger partial charge on any atom is 0.0926 e. The number of allylic oxidation sites excluding steroid dienone is 1. The molecule has 2 nitrogen and oxygen atoms in total. The fraction of sp³-hybridized carbons (Fsp3) is 0.179. The molecular formula is C28H26N2. The van der Waals surface area contributed by atoms with Crippen molar-refractivity contribution in [3.8, 4) is 16.9 Å². The molecule has 5 rings (SSSR count). The van der Waals surface area contributed by atoms with Crippen LogP contribution in [0.15, 0.2) is 78.9 Å². The maximum atomic E-state index is 5.16. The number of fused-ring (bicyclic) bond motifs is 1. The number of rotatable bonds is 3.